The number of para-hydroxylation sites is 1. The maximum absolute atomic E-state index is 13.1. The number of ether oxygens (including phenoxy) is 2. The summed E-state index contributed by atoms with van der Waals surface area (Å²) in [6.07, 6.45) is 3.37. The van der Waals surface area contributed by atoms with Crippen LogP contribution in [0.15, 0.2) is 47.4 Å². The maximum Gasteiger partial charge on any atom is 0.337 e. The first-order valence-electron chi connectivity index (χ1n) is 10.4. The van der Waals surface area contributed by atoms with Gasteiger partial charge in [-0.3, -0.25) is 4.90 Å². The number of piperidine rings is 1. The van der Waals surface area contributed by atoms with Gasteiger partial charge in [-0.05, 0) is 62.7 Å². The van der Waals surface area contributed by atoms with Gasteiger partial charge in [0.15, 0.2) is 0 Å². The number of nitrogens with zero attached hydrogens (tertiary/aromatic N) is 1. The van der Waals surface area contributed by atoms with E-state index in [4.69, 9.17) is 9.47 Å². The Morgan fingerprint density at radius 3 is 2.45 bits per heavy atom. The van der Waals surface area contributed by atoms with Crippen LogP contribution in [0.2, 0.25) is 0 Å². The summed E-state index contributed by atoms with van der Waals surface area (Å²) in [5, 5.41) is 0. The lowest BCUT2D eigenvalue weighted by molar-refractivity contribution is 0.0600. The number of aryl methyl sites for hydroxylation is 1. The van der Waals surface area contributed by atoms with Crippen LogP contribution in [0.3, 0.4) is 0 Å². The highest BCUT2D eigenvalue weighted by Crippen LogP contribution is 2.31. The molecule has 8 heteroatoms. The molecule has 168 valence electrons. The van der Waals surface area contributed by atoms with Crippen molar-refractivity contribution in [3.63, 3.8) is 0 Å². The van der Waals surface area contributed by atoms with Gasteiger partial charge < -0.3 is 9.47 Å². The van der Waals surface area contributed by atoms with Crippen molar-refractivity contribution in [1.82, 2.24) is 9.62 Å². The molecule has 1 heterocycles. The van der Waals surface area contributed by atoms with Crippen LogP contribution in [-0.4, -0.2) is 53.1 Å². The van der Waals surface area contributed by atoms with E-state index in [2.05, 4.69) is 9.62 Å². The average molecular weight is 447 g/mol. The van der Waals surface area contributed by atoms with Crippen LogP contribution in [0.1, 0.15) is 46.8 Å². The Morgan fingerprint density at radius 1 is 1.10 bits per heavy atom. The molecule has 2 aromatic carbocycles. The Balaban J connectivity index is 1.86. The molecule has 1 saturated heterocycles. The number of hydrogen-bond donors (Lipinski definition) is 1. The van der Waals surface area contributed by atoms with Gasteiger partial charge in [-0.1, -0.05) is 24.6 Å². The fraction of sp³-hybridized carbons (Fsp3) is 0.435. The van der Waals surface area contributed by atoms with E-state index in [9.17, 15) is 13.2 Å². The standard InChI is InChI=1S/C23H30N2O5S/c1-17-15-18(23(26)30-3)11-12-22(17)31(27,28)24-16-20(25-13-7-4-8-14-25)19-9-5-6-10-21(19)29-2/h5-6,9-12,15,20,24H,4,7-8,13-14,16H2,1-3H3. The number of nitrogens with one attached hydrogen (secondary N) is 1. The van der Waals surface area contributed by atoms with Gasteiger partial charge in [-0.2, -0.15) is 0 Å². The molecule has 1 fully saturated rings. The topological polar surface area (TPSA) is 84.9 Å². The molecular weight excluding hydrogens is 416 g/mol. The van der Waals surface area contributed by atoms with Crippen molar-refractivity contribution in [3.05, 3.63) is 59.2 Å². The molecule has 1 atom stereocenters. The van der Waals surface area contributed by atoms with Crippen molar-refractivity contribution in [1.29, 1.82) is 0 Å². The second kappa shape index (κ2) is 10.3. The quantitative estimate of drug-likeness (QED) is 0.627. The lowest BCUT2D eigenvalue weighted by atomic mass is 10.0. The zero-order valence-electron chi connectivity index (χ0n) is 18.3. The molecular formula is C23H30N2O5S. The number of benzene rings is 2. The third-order valence-corrected chi connectivity index (χ3v) is 7.27. The summed E-state index contributed by atoms with van der Waals surface area (Å²) in [4.78, 5) is 14.2. The zero-order valence-corrected chi connectivity index (χ0v) is 19.1. The van der Waals surface area contributed by atoms with Gasteiger partial charge in [0.05, 0.1) is 30.7 Å². The van der Waals surface area contributed by atoms with Gasteiger partial charge in [-0.25, -0.2) is 17.9 Å². The van der Waals surface area contributed by atoms with E-state index in [1.165, 1.54) is 31.7 Å². The smallest absolute Gasteiger partial charge is 0.337 e. The number of methoxy groups -OCH3 is 2. The van der Waals surface area contributed by atoms with E-state index < -0.39 is 16.0 Å². The number of rotatable bonds is 8. The number of esters is 1. The van der Waals surface area contributed by atoms with Crippen LogP contribution in [0.5, 0.6) is 5.75 Å². The predicted octanol–water partition coefficient (Wildman–Crippen LogP) is 3.30. The van der Waals surface area contributed by atoms with E-state index in [1.54, 1.807) is 14.0 Å². The number of sulfonamides is 1. The molecule has 0 amide bonds. The average Bonchev–Trinajstić information content (AvgIpc) is 2.79. The summed E-state index contributed by atoms with van der Waals surface area (Å²) < 4.78 is 39.2. The highest BCUT2D eigenvalue weighted by atomic mass is 32.2. The van der Waals surface area contributed by atoms with Gasteiger partial charge in [0.1, 0.15) is 5.75 Å². The van der Waals surface area contributed by atoms with Gasteiger partial charge in [0.25, 0.3) is 0 Å². The molecule has 0 saturated carbocycles. The van der Waals surface area contributed by atoms with Gasteiger partial charge in [0.2, 0.25) is 10.0 Å². The third-order valence-electron chi connectivity index (χ3n) is 5.68. The lowest BCUT2D eigenvalue weighted by Crippen LogP contribution is -2.40. The van der Waals surface area contributed by atoms with E-state index in [0.29, 0.717) is 11.1 Å². The maximum atomic E-state index is 13.1. The lowest BCUT2D eigenvalue weighted by Gasteiger charge is -2.35. The fourth-order valence-electron chi connectivity index (χ4n) is 4.07. The van der Waals surface area contributed by atoms with E-state index >= 15 is 0 Å². The van der Waals surface area contributed by atoms with Crippen LogP contribution < -0.4 is 9.46 Å². The monoisotopic (exact) mass is 446 g/mol. The Hall–Kier alpha value is -2.42. The molecule has 1 unspecified atom stereocenters. The minimum Gasteiger partial charge on any atom is -0.496 e. The third kappa shape index (κ3) is 5.44. The molecule has 0 aliphatic carbocycles. The summed E-state index contributed by atoms with van der Waals surface area (Å²) >= 11 is 0. The number of hydrogen-bond acceptors (Lipinski definition) is 6. The zero-order chi connectivity index (χ0) is 22.4. The molecule has 0 bridgehead atoms. The van der Waals surface area contributed by atoms with Crippen LogP contribution in [-0.2, 0) is 14.8 Å². The molecule has 1 aliphatic heterocycles. The molecule has 0 aromatic heterocycles. The van der Waals surface area contributed by atoms with Gasteiger partial charge in [0, 0.05) is 12.1 Å². The van der Waals surface area contributed by atoms with Crippen molar-refractivity contribution in [2.75, 3.05) is 33.9 Å². The first-order valence-corrected chi connectivity index (χ1v) is 11.9. The van der Waals surface area contributed by atoms with Gasteiger partial charge in [-0.15, -0.1) is 0 Å². The van der Waals surface area contributed by atoms with Crippen molar-refractivity contribution < 1.29 is 22.7 Å². The molecule has 0 radical (unpaired) electrons. The predicted molar refractivity (Wildman–Crippen MR) is 119 cm³/mol. The van der Waals surface area contributed by atoms with Crippen molar-refractivity contribution in [3.8, 4) is 5.75 Å². The summed E-state index contributed by atoms with van der Waals surface area (Å²) in [7, 11) is -0.849. The molecule has 31 heavy (non-hydrogen) atoms. The Morgan fingerprint density at radius 2 is 1.81 bits per heavy atom. The van der Waals surface area contributed by atoms with Crippen LogP contribution in [0, 0.1) is 6.92 Å². The van der Waals surface area contributed by atoms with Crippen molar-refractivity contribution >= 4 is 16.0 Å². The summed E-state index contributed by atoms with van der Waals surface area (Å²) in [5.41, 5.74) is 1.77. The number of likely N-dealkylation sites (tertiary alicyclic amines) is 1. The van der Waals surface area contributed by atoms with Crippen LogP contribution in [0.25, 0.3) is 0 Å². The molecule has 2 aromatic rings. The number of carbonyl (C=O) groups excluding carboxylic acids is 1. The van der Waals surface area contributed by atoms with Crippen LogP contribution >= 0.6 is 0 Å². The normalized spacial score (nSPS) is 16.0. The van der Waals surface area contributed by atoms with Crippen LogP contribution in [0.4, 0.5) is 0 Å². The highest BCUT2D eigenvalue weighted by molar-refractivity contribution is 7.89. The fourth-order valence-corrected chi connectivity index (χ4v) is 5.33. The molecule has 0 spiro atoms. The minimum absolute atomic E-state index is 0.138. The molecule has 7 nitrogen and oxygen atoms in total. The number of carbonyl (C=O) groups is 1. The molecule has 1 aliphatic rings. The van der Waals surface area contributed by atoms with Crippen molar-refractivity contribution in [2.24, 2.45) is 0 Å². The Kier molecular flexibility index (Phi) is 7.69. The highest BCUT2D eigenvalue weighted by Gasteiger charge is 2.27. The first kappa shape index (κ1) is 23.2. The largest absolute Gasteiger partial charge is 0.496 e. The van der Waals surface area contributed by atoms with Crippen molar-refractivity contribution in [2.45, 2.75) is 37.1 Å². The molecule has 1 N–H and O–H groups in total. The second-order valence-electron chi connectivity index (χ2n) is 7.68. The van der Waals surface area contributed by atoms with E-state index in [0.717, 1.165) is 37.2 Å². The first-order chi connectivity index (χ1) is 14.9. The van der Waals surface area contributed by atoms with E-state index in [-0.39, 0.29) is 17.5 Å². The summed E-state index contributed by atoms with van der Waals surface area (Å²) in [6.45, 7) is 3.72. The molecule has 3 rings (SSSR count). The van der Waals surface area contributed by atoms with E-state index in [1.807, 2.05) is 24.3 Å². The summed E-state index contributed by atoms with van der Waals surface area (Å²) in [5.74, 6) is 0.247. The summed E-state index contributed by atoms with van der Waals surface area (Å²) in [6, 6.07) is 12.0. The SMILES string of the molecule is COC(=O)c1ccc(S(=O)(=O)NCC(c2ccccc2OC)N2CCCCC2)c(C)c1. The second-order valence-corrected chi connectivity index (χ2v) is 9.41. The Bertz CT molecular complexity index is 1020. The van der Waals surface area contributed by atoms with Gasteiger partial charge >= 0.3 is 5.97 Å². The minimum atomic E-state index is -3.77. The Labute approximate surface area is 184 Å².